The molecule has 0 spiro atoms. The highest BCUT2D eigenvalue weighted by Gasteiger charge is 2.34. The molecule has 5 rings (SSSR count). The molecule has 6 heteroatoms. The average molecular weight is 361 g/mol. The molecule has 138 valence electrons. The van der Waals surface area contributed by atoms with Crippen LogP contribution >= 0.6 is 0 Å². The van der Waals surface area contributed by atoms with Crippen molar-refractivity contribution in [1.82, 2.24) is 24.0 Å². The molecule has 6 nitrogen and oxygen atoms in total. The van der Waals surface area contributed by atoms with Crippen molar-refractivity contribution in [3.63, 3.8) is 0 Å². The normalized spacial score (nSPS) is 21.8. The Balaban J connectivity index is 1.41. The van der Waals surface area contributed by atoms with E-state index in [1.807, 2.05) is 41.5 Å². The predicted molar refractivity (Wildman–Crippen MR) is 103 cm³/mol. The fraction of sp³-hybridized carbons (Fsp3) is 0.381. The summed E-state index contributed by atoms with van der Waals surface area (Å²) in [6, 6.07) is 9.76. The molecule has 0 N–H and O–H groups in total. The van der Waals surface area contributed by atoms with E-state index in [0.717, 1.165) is 44.0 Å². The van der Waals surface area contributed by atoms with Gasteiger partial charge in [-0.3, -0.25) is 9.78 Å². The van der Waals surface area contributed by atoms with E-state index in [-0.39, 0.29) is 5.56 Å². The molecule has 0 amide bonds. The minimum atomic E-state index is 0.106. The summed E-state index contributed by atoms with van der Waals surface area (Å²) in [7, 11) is 0. The smallest absolute Gasteiger partial charge is 0.251 e. The van der Waals surface area contributed by atoms with Gasteiger partial charge in [-0.05, 0) is 30.5 Å². The highest BCUT2D eigenvalue weighted by Crippen LogP contribution is 2.36. The molecule has 2 bridgehead atoms. The van der Waals surface area contributed by atoms with Gasteiger partial charge in [0.05, 0.1) is 12.0 Å². The zero-order valence-electron chi connectivity index (χ0n) is 15.2. The molecule has 1 fully saturated rings. The van der Waals surface area contributed by atoms with Crippen LogP contribution < -0.4 is 5.56 Å². The largest absolute Gasteiger partial charge is 0.336 e. The summed E-state index contributed by atoms with van der Waals surface area (Å²) < 4.78 is 4.13. The fourth-order valence-electron chi connectivity index (χ4n) is 4.60. The second kappa shape index (κ2) is 6.78. The van der Waals surface area contributed by atoms with E-state index in [1.54, 1.807) is 12.3 Å². The molecule has 0 saturated carbocycles. The maximum absolute atomic E-state index is 12.8. The van der Waals surface area contributed by atoms with E-state index >= 15 is 0 Å². The molecule has 0 aliphatic carbocycles. The van der Waals surface area contributed by atoms with Crippen molar-refractivity contribution >= 4 is 0 Å². The van der Waals surface area contributed by atoms with Crippen LogP contribution in [0, 0.1) is 5.92 Å². The lowest BCUT2D eigenvalue weighted by molar-refractivity contribution is 0.117. The fourth-order valence-corrected chi connectivity index (χ4v) is 4.60. The molecule has 0 aromatic carbocycles. The van der Waals surface area contributed by atoms with E-state index in [9.17, 15) is 4.79 Å². The van der Waals surface area contributed by atoms with Crippen molar-refractivity contribution in [2.45, 2.75) is 25.4 Å². The molecular weight excluding hydrogens is 338 g/mol. The van der Waals surface area contributed by atoms with Gasteiger partial charge in [0.2, 0.25) is 0 Å². The number of imidazole rings is 1. The zero-order chi connectivity index (χ0) is 18.2. The number of rotatable bonds is 4. The van der Waals surface area contributed by atoms with Crippen LogP contribution in [0.2, 0.25) is 0 Å². The number of aromatic nitrogens is 4. The summed E-state index contributed by atoms with van der Waals surface area (Å²) in [5, 5.41) is 0. The topological polar surface area (TPSA) is 56.0 Å². The van der Waals surface area contributed by atoms with Gasteiger partial charge in [-0.2, -0.15) is 0 Å². The third-order valence-electron chi connectivity index (χ3n) is 5.83. The summed E-state index contributed by atoms with van der Waals surface area (Å²) in [5.74, 6) is 0.967. The van der Waals surface area contributed by atoms with E-state index in [0.29, 0.717) is 11.8 Å². The van der Waals surface area contributed by atoms with E-state index < -0.39 is 0 Å². The van der Waals surface area contributed by atoms with Crippen LogP contribution in [0.4, 0.5) is 0 Å². The molecule has 0 radical (unpaired) electrons. The molecule has 3 aromatic heterocycles. The monoisotopic (exact) mass is 361 g/mol. The minimum absolute atomic E-state index is 0.106. The maximum atomic E-state index is 12.8. The summed E-state index contributed by atoms with van der Waals surface area (Å²) in [6.07, 6.45) is 8.66. The lowest BCUT2D eigenvalue weighted by Gasteiger charge is -2.43. The second-order valence-corrected chi connectivity index (χ2v) is 7.69. The Bertz CT molecular complexity index is 980. The van der Waals surface area contributed by atoms with Gasteiger partial charge in [-0.15, -0.1) is 0 Å². The number of pyridine rings is 2. The van der Waals surface area contributed by atoms with Crippen LogP contribution in [0.5, 0.6) is 0 Å². The Morgan fingerprint density at radius 3 is 2.85 bits per heavy atom. The molecule has 5 heterocycles. The molecule has 2 atom stereocenters. The number of piperidine rings is 1. The number of hydrogen-bond donors (Lipinski definition) is 0. The van der Waals surface area contributed by atoms with Gasteiger partial charge in [-0.1, -0.05) is 6.07 Å². The van der Waals surface area contributed by atoms with Gasteiger partial charge in [0.1, 0.15) is 0 Å². The van der Waals surface area contributed by atoms with Crippen LogP contribution in [0.1, 0.15) is 18.0 Å². The van der Waals surface area contributed by atoms with Crippen molar-refractivity contribution in [1.29, 1.82) is 0 Å². The van der Waals surface area contributed by atoms with Gasteiger partial charge in [-0.25, -0.2) is 4.98 Å². The Morgan fingerprint density at radius 2 is 2.04 bits per heavy atom. The van der Waals surface area contributed by atoms with Crippen molar-refractivity contribution in [2.24, 2.45) is 5.92 Å². The highest BCUT2D eigenvalue weighted by molar-refractivity contribution is 5.59. The molecular formula is C21H23N5O. The predicted octanol–water partition coefficient (Wildman–Crippen LogP) is 2.23. The Hall–Kier alpha value is -2.73. The first-order chi connectivity index (χ1) is 13.3. The summed E-state index contributed by atoms with van der Waals surface area (Å²) in [5.41, 5.74) is 3.08. The highest BCUT2D eigenvalue weighted by atomic mass is 16.1. The Kier molecular flexibility index (Phi) is 4.13. The number of hydrogen-bond acceptors (Lipinski definition) is 4. The quantitative estimate of drug-likeness (QED) is 0.715. The zero-order valence-corrected chi connectivity index (χ0v) is 15.2. The second-order valence-electron chi connectivity index (χ2n) is 7.69. The van der Waals surface area contributed by atoms with Crippen LogP contribution in [0.3, 0.4) is 0 Å². The van der Waals surface area contributed by atoms with Crippen LogP contribution in [-0.4, -0.2) is 43.6 Å². The first-order valence-corrected chi connectivity index (χ1v) is 9.60. The first-order valence-electron chi connectivity index (χ1n) is 9.60. The van der Waals surface area contributed by atoms with Gasteiger partial charge < -0.3 is 14.0 Å². The summed E-state index contributed by atoms with van der Waals surface area (Å²) in [6.45, 7) is 4.89. The van der Waals surface area contributed by atoms with Crippen LogP contribution in [-0.2, 0) is 13.1 Å². The number of nitrogens with zero attached hydrogens (tertiary/aromatic N) is 5. The minimum Gasteiger partial charge on any atom is -0.336 e. The summed E-state index contributed by atoms with van der Waals surface area (Å²) >= 11 is 0. The van der Waals surface area contributed by atoms with Gasteiger partial charge in [0.25, 0.3) is 5.56 Å². The van der Waals surface area contributed by atoms with E-state index in [2.05, 4.69) is 25.5 Å². The van der Waals surface area contributed by atoms with Crippen molar-refractivity contribution in [2.75, 3.05) is 19.6 Å². The van der Waals surface area contributed by atoms with E-state index in [1.165, 1.54) is 12.1 Å². The van der Waals surface area contributed by atoms with Gasteiger partial charge in [0.15, 0.2) is 0 Å². The molecule has 2 aliphatic rings. The number of fused-ring (bicyclic) bond motifs is 4. The standard InChI is InChI=1S/C21H23N5O/c27-21-11-17(19-3-1-2-4-23-19)10-20-18-9-16(13-26(20)21)12-25(14-18)8-7-24-6-5-22-15-24/h1-6,10-11,15-16,18H,7-9,12-14H2/t16-,18+/m0/s1. The number of likely N-dealkylation sites (tertiary alicyclic amines) is 1. The van der Waals surface area contributed by atoms with Crippen LogP contribution in [0.25, 0.3) is 11.3 Å². The SMILES string of the molecule is O=c1cc(-c2ccccn2)cc2n1C[C@H]1C[C@@H]2CN(CCn2ccnc2)C1. The summed E-state index contributed by atoms with van der Waals surface area (Å²) in [4.78, 5) is 23.9. The molecule has 27 heavy (non-hydrogen) atoms. The molecule has 1 saturated heterocycles. The maximum Gasteiger partial charge on any atom is 0.251 e. The van der Waals surface area contributed by atoms with E-state index in [4.69, 9.17) is 0 Å². The molecule has 2 aliphatic heterocycles. The first kappa shape index (κ1) is 16.4. The molecule has 3 aromatic rings. The third kappa shape index (κ3) is 3.21. The molecule has 0 unspecified atom stereocenters. The van der Waals surface area contributed by atoms with Gasteiger partial charge in [0, 0.05) is 74.6 Å². The lowest BCUT2D eigenvalue weighted by atomic mass is 9.82. The third-order valence-corrected chi connectivity index (χ3v) is 5.83. The Morgan fingerprint density at radius 1 is 1.07 bits per heavy atom. The van der Waals surface area contributed by atoms with Crippen molar-refractivity contribution in [3.8, 4) is 11.3 Å². The lowest BCUT2D eigenvalue weighted by Crippen LogP contribution is -2.47. The van der Waals surface area contributed by atoms with Crippen LogP contribution in [0.15, 0.2) is 60.0 Å². The van der Waals surface area contributed by atoms with Gasteiger partial charge >= 0.3 is 0 Å². The Labute approximate surface area is 158 Å². The van der Waals surface area contributed by atoms with Crippen molar-refractivity contribution < 1.29 is 0 Å². The average Bonchev–Trinajstić information content (AvgIpc) is 3.21. The van der Waals surface area contributed by atoms with Crippen molar-refractivity contribution in [3.05, 3.63) is 71.3 Å².